The van der Waals surface area contributed by atoms with Crippen LogP contribution in [-0.4, -0.2) is 50.1 Å². The molecular weight excluding hydrogens is 323 g/mol. The molecule has 1 aromatic rings. The Hall–Kier alpha value is -1.04. The van der Waals surface area contributed by atoms with Gasteiger partial charge in [-0.1, -0.05) is 3.89 Å². The van der Waals surface area contributed by atoms with E-state index < -0.39 is 26.5 Å². The number of nitrogens with one attached hydrogen (secondary N) is 1. The monoisotopic (exact) mass is 338 g/mol. The lowest BCUT2D eigenvalue weighted by atomic mass is 9.93. The molecule has 1 aliphatic carbocycles. The Morgan fingerprint density at radius 1 is 1.24 bits per heavy atom. The van der Waals surface area contributed by atoms with Crippen molar-refractivity contribution < 1.29 is 20.7 Å². The Morgan fingerprint density at radius 2 is 1.90 bits per heavy atom. The Bertz CT molecular complexity index is 735. The molecule has 21 heavy (non-hydrogen) atoms. The average Bonchev–Trinajstić information content (AvgIpc) is 2.68. The summed E-state index contributed by atoms with van der Waals surface area (Å²) in [6.07, 6.45) is 5.82. The van der Waals surface area contributed by atoms with Gasteiger partial charge in [-0.2, -0.15) is 17.8 Å². The zero-order valence-corrected chi connectivity index (χ0v) is 12.6. The van der Waals surface area contributed by atoms with Gasteiger partial charge in [0, 0.05) is 25.3 Å². The first-order valence-electron chi connectivity index (χ1n) is 6.52. The van der Waals surface area contributed by atoms with E-state index in [0.717, 1.165) is 19.3 Å². The van der Waals surface area contributed by atoms with Crippen molar-refractivity contribution in [3.8, 4) is 0 Å². The van der Waals surface area contributed by atoms with E-state index in [1.54, 1.807) is 4.68 Å². The highest BCUT2D eigenvalue weighted by molar-refractivity contribution is 7.89. The van der Waals surface area contributed by atoms with Crippen LogP contribution in [0.25, 0.3) is 0 Å². The van der Waals surface area contributed by atoms with E-state index in [-0.39, 0.29) is 24.0 Å². The fourth-order valence-electron chi connectivity index (χ4n) is 2.29. The van der Waals surface area contributed by atoms with Crippen molar-refractivity contribution in [1.29, 1.82) is 0 Å². The van der Waals surface area contributed by atoms with Gasteiger partial charge in [-0.05, 0) is 19.3 Å². The van der Waals surface area contributed by atoms with E-state index in [9.17, 15) is 20.7 Å². The maximum absolute atomic E-state index is 12.6. The summed E-state index contributed by atoms with van der Waals surface area (Å²) in [6, 6.07) is -0.364. The minimum atomic E-state index is -4.74. The molecule has 8 nitrogen and oxygen atoms in total. The van der Waals surface area contributed by atoms with Gasteiger partial charge in [-0.25, -0.2) is 13.1 Å². The minimum absolute atomic E-state index is 0.0379. The Kier molecular flexibility index (Phi) is 3.55. The number of halogens is 1. The van der Waals surface area contributed by atoms with E-state index >= 15 is 0 Å². The van der Waals surface area contributed by atoms with Crippen LogP contribution in [0, 0.1) is 0 Å². The summed E-state index contributed by atoms with van der Waals surface area (Å²) in [5.74, 6) is 0. The molecule has 0 unspecified atom stereocenters. The van der Waals surface area contributed by atoms with Crippen LogP contribution in [0.2, 0.25) is 0 Å². The molecule has 0 radical (unpaired) electrons. The van der Waals surface area contributed by atoms with Gasteiger partial charge in [0.15, 0.2) is 0 Å². The van der Waals surface area contributed by atoms with Crippen LogP contribution < -0.4 is 4.72 Å². The van der Waals surface area contributed by atoms with Gasteiger partial charge in [0.05, 0.1) is 12.2 Å². The molecule has 1 saturated heterocycles. The predicted octanol–water partition coefficient (Wildman–Crippen LogP) is -0.215. The molecule has 0 atom stereocenters. The summed E-state index contributed by atoms with van der Waals surface area (Å²) in [7, 11) is -8.50. The number of hydrogen-bond donors (Lipinski definition) is 1. The van der Waals surface area contributed by atoms with Gasteiger partial charge in [0.2, 0.25) is 10.0 Å². The van der Waals surface area contributed by atoms with Crippen molar-refractivity contribution in [3.63, 3.8) is 0 Å². The number of sulfonamides is 1. The minimum Gasteiger partial charge on any atom is -0.268 e. The van der Waals surface area contributed by atoms with Crippen LogP contribution in [-0.2, 0) is 20.4 Å². The summed E-state index contributed by atoms with van der Waals surface area (Å²) >= 11 is 0. The van der Waals surface area contributed by atoms with Crippen LogP contribution in [0.4, 0.5) is 3.89 Å². The molecule has 2 fully saturated rings. The van der Waals surface area contributed by atoms with Gasteiger partial charge in [-0.15, -0.1) is 0 Å². The van der Waals surface area contributed by atoms with Gasteiger partial charge < -0.3 is 0 Å². The van der Waals surface area contributed by atoms with E-state index in [4.69, 9.17) is 0 Å². The first kappa shape index (κ1) is 14.9. The second kappa shape index (κ2) is 5.00. The predicted molar refractivity (Wildman–Crippen MR) is 70.8 cm³/mol. The second-order valence-electron chi connectivity index (χ2n) is 5.32. The quantitative estimate of drug-likeness (QED) is 0.748. The zero-order chi connectivity index (χ0) is 15.3. The fraction of sp³-hybridized carbons (Fsp3) is 0.700. The molecule has 0 aromatic carbocycles. The second-order valence-corrected chi connectivity index (χ2v) is 8.37. The summed E-state index contributed by atoms with van der Waals surface area (Å²) in [5.41, 5.74) is 0. The smallest absolute Gasteiger partial charge is 0.268 e. The van der Waals surface area contributed by atoms with Gasteiger partial charge in [0.1, 0.15) is 4.90 Å². The molecule has 1 N–H and O–H groups in total. The maximum atomic E-state index is 12.6. The Labute approximate surface area is 122 Å². The van der Waals surface area contributed by atoms with Crippen LogP contribution >= 0.6 is 0 Å². The molecular formula is C10H15FN4O4S2. The lowest BCUT2D eigenvalue weighted by molar-refractivity contribution is 0.238. The SMILES string of the molecule is O=S(=O)(NC1CN(S(=O)(=O)F)C1)c1cnn(C2CCC2)c1. The van der Waals surface area contributed by atoms with E-state index in [2.05, 4.69) is 9.82 Å². The molecule has 0 bridgehead atoms. The molecule has 0 spiro atoms. The summed E-state index contributed by atoms with van der Waals surface area (Å²) < 4.78 is 62.5. The first-order valence-corrected chi connectivity index (χ1v) is 9.34. The van der Waals surface area contributed by atoms with Crippen molar-refractivity contribution in [3.05, 3.63) is 12.4 Å². The average molecular weight is 338 g/mol. The van der Waals surface area contributed by atoms with Gasteiger partial charge in [0.25, 0.3) is 0 Å². The number of aromatic nitrogens is 2. The van der Waals surface area contributed by atoms with E-state index in [0.29, 0.717) is 4.31 Å². The summed E-state index contributed by atoms with van der Waals surface area (Å²) in [6.45, 7) is -0.399. The topological polar surface area (TPSA) is 101 Å². The molecule has 11 heteroatoms. The van der Waals surface area contributed by atoms with Crippen LogP contribution in [0.5, 0.6) is 0 Å². The molecule has 1 aliphatic heterocycles. The highest BCUT2D eigenvalue weighted by Crippen LogP contribution is 2.31. The third-order valence-electron chi connectivity index (χ3n) is 3.82. The van der Waals surface area contributed by atoms with Crippen LogP contribution in [0.15, 0.2) is 17.3 Å². The van der Waals surface area contributed by atoms with Gasteiger partial charge in [-0.3, -0.25) is 4.68 Å². The molecule has 118 valence electrons. The lowest BCUT2D eigenvalue weighted by Crippen LogP contribution is -2.59. The largest absolute Gasteiger partial charge is 0.374 e. The maximum Gasteiger partial charge on any atom is 0.374 e. The van der Waals surface area contributed by atoms with Crippen LogP contribution in [0.1, 0.15) is 25.3 Å². The first-order chi connectivity index (χ1) is 9.75. The summed E-state index contributed by atoms with van der Waals surface area (Å²) in [4.78, 5) is 0.0379. The molecule has 2 heterocycles. The fourth-order valence-corrected chi connectivity index (χ4v) is 4.16. The van der Waals surface area contributed by atoms with Crippen molar-refractivity contribution >= 4 is 20.4 Å². The normalized spacial score (nSPS) is 22.0. The van der Waals surface area contributed by atoms with Crippen molar-refractivity contribution in [1.82, 2.24) is 18.8 Å². The third kappa shape index (κ3) is 2.96. The lowest BCUT2D eigenvalue weighted by Gasteiger charge is -2.35. The van der Waals surface area contributed by atoms with E-state index in [1.165, 1.54) is 12.4 Å². The van der Waals surface area contributed by atoms with Crippen molar-refractivity contribution in [2.45, 2.75) is 36.2 Å². The molecule has 2 aliphatic rings. The molecule has 0 amide bonds. The number of hydrogen-bond acceptors (Lipinski definition) is 5. The molecule has 3 rings (SSSR count). The Balaban J connectivity index is 1.63. The third-order valence-corrected chi connectivity index (χ3v) is 6.21. The zero-order valence-electron chi connectivity index (χ0n) is 11.0. The summed E-state index contributed by atoms with van der Waals surface area (Å²) in [5, 5.41) is 4.04. The van der Waals surface area contributed by atoms with Crippen molar-refractivity contribution in [2.75, 3.05) is 13.1 Å². The number of nitrogens with zero attached hydrogens (tertiary/aromatic N) is 3. The number of rotatable bonds is 5. The van der Waals surface area contributed by atoms with E-state index in [1.807, 2.05) is 0 Å². The van der Waals surface area contributed by atoms with Gasteiger partial charge >= 0.3 is 10.4 Å². The molecule has 1 aromatic heterocycles. The molecule has 1 saturated carbocycles. The Morgan fingerprint density at radius 3 is 2.43 bits per heavy atom. The standard InChI is InChI=1S/C10H15FN4O4S2/c11-21(18,19)14-5-8(6-14)13-20(16,17)10-4-12-15(7-10)9-2-1-3-9/h4,7-9,13H,1-3,5-6H2. The van der Waals surface area contributed by atoms with Crippen molar-refractivity contribution in [2.24, 2.45) is 0 Å². The highest BCUT2D eigenvalue weighted by Gasteiger charge is 2.38. The van der Waals surface area contributed by atoms with Crippen LogP contribution in [0.3, 0.4) is 0 Å². The highest BCUT2D eigenvalue weighted by atomic mass is 32.3.